The minimum Gasteiger partial charge on any atom is -0.490 e. The van der Waals surface area contributed by atoms with E-state index in [0.29, 0.717) is 12.6 Å². The van der Waals surface area contributed by atoms with Crippen LogP contribution in [0.2, 0.25) is 0 Å². The van der Waals surface area contributed by atoms with Crippen molar-refractivity contribution in [3.05, 3.63) is 58.9 Å². The second-order valence-corrected chi connectivity index (χ2v) is 13.3. The van der Waals surface area contributed by atoms with Gasteiger partial charge in [-0.15, -0.1) is 0 Å². The summed E-state index contributed by atoms with van der Waals surface area (Å²) in [6, 6.07) is 9.15. The van der Waals surface area contributed by atoms with Crippen LogP contribution in [0.15, 0.2) is 53.3 Å². The van der Waals surface area contributed by atoms with Crippen LogP contribution in [-0.4, -0.2) is 65.6 Å². The Balaban J connectivity index is 0.000000883. The molecule has 2 aliphatic rings. The molecule has 8 nitrogen and oxygen atoms in total. The van der Waals surface area contributed by atoms with Gasteiger partial charge in [0.25, 0.3) is 0 Å². The summed E-state index contributed by atoms with van der Waals surface area (Å²) in [4.78, 5) is 39.7. The van der Waals surface area contributed by atoms with Crippen LogP contribution in [0.3, 0.4) is 0 Å². The Kier molecular flexibility index (Phi) is 15.9. The number of carbonyl (C=O) groups is 3. The van der Waals surface area contributed by atoms with Crippen LogP contribution in [0.1, 0.15) is 105 Å². The van der Waals surface area contributed by atoms with Crippen LogP contribution >= 0.6 is 0 Å². The number of aliphatic hydroxyl groups is 1. The minimum atomic E-state index is -1.47. The highest BCUT2D eigenvalue weighted by molar-refractivity contribution is 5.91. The molecule has 3 rings (SSSR count). The van der Waals surface area contributed by atoms with Gasteiger partial charge in [0, 0.05) is 19.5 Å². The lowest BCUT2D eigenvalue weighted by molar-refractivity contribution is -0.151. The Labute approximate surface area is 272 Å². The molecular formula is C37H59N3O5. The molecule has 0 aromatic heterocycles. The number of hydrogen-bond acceptors (Lipinski definition) is 5. The number of allylic oxidation sites excluding steroid dienone is 3. The summed E-state index contributed by atoms with van der Waals surface area (Å²) in [6.07, 6.45) is 11.6. The second kappa shape index (κ2) is 18.7. The maximum atomic E-state index is 13.0. The smallest absolute Gasteiger partial charge is 0.246 e. The molecule has 1 aliphatic heterocycles. The van der Waals surface area contributed by atoms with E-state index in [4.69, 9.17) is 4.74 Å². The van der Waals surface area contributed by atoms with E-state index in [-0.39, 0.29) is 30.2 Å². The number of aryl methyl sites for hydroxylation is 1. The Hall–Kier alpha value is -3.13. The molecule has 252 valence electrons. The molecule has 1 heterocycles. The third kappa shape index (κ3) is 12.3. The van der Waals surface area contributed by atoms with Gasteiger partial charge in [-0.05, 0) is 82.8 Å². The lowest BCUT2D eigenvalue weighted by Gasteiger charge is -2.37. The number of benzene rings is 1. The lowest BCUT2D eigenvalue weighted by Crippen LogP contribution is -2.60. The number of amides is 3. The molecule has 0 radical (unpaired) electrons. The van der Waals surface area contributed by atoms with E-state index in [1.807, 2.05) is 39.0 Å². The van der Waals surface area contributed by atoms with Crippen molar-refractivity contribution in [3.8, 4) is 0 Å². The quantitative estimate of drug-likeness (QED) is 0.213. The fraction of sp³-hybridized carbons (Fsp3) is 0.649. The topological polar surface area (TPSA) is 108 Å². The third-order valence-electron chi connectivity index (χ3n) is 8.96. The third-order valence-corrected chi connectivity index (χ3v) is 8.96. The van der Waals surface area contributed by atoms with E-state index in [1.165, 1.54) is 42.5 Å². The summed E-state index contributed by atoms with van der Waals surface area (Å²) in [5, 5.41) is 16.1. The maximum Gasteiger partial charge on any atom is 0.246 e. The number of hydrogen-bond donors (Lipinski definition) is 3. The highest BCUT2D eigenvalue weighted by atomic mass is 16.5. The van der Waals surface area contributed by atoms with Crippen molar-refractivity contribution in [2.75, 3.05) is 20.1 Å². The number of carbonyl (C=O) groups excluding carboxylic acids is 3. The molecule has 1 aromatic rings. The van der Waals surface area contributed by atoms with Crippen LogP contribution in [-0.2, 0) is 19.1 Å². The van der Waals surface area contributed by atoms with Crippen molar-refractivity contribution >= 4 is 17.7 Å². The average Bonchev–Trinajstić information content (AvgIpc) is 3.01. The first kappa shape index (κ1) is 38.1. The second-order valence-electron chi connectivity index (χ2n) is 13.3. The van der Waals surface area contributed by atoms with Crippen molar-refractivity contribution < 1.29 is 24.2 Å². The average molecular weight is 626 g/mol. The molecule has 0 saturated carbocycles. The Morgan fingerprint density at radius 2 is 1.78 bits per heavy atom. The van der Waals surface area contributed by atoms with Crippen LogP contribution in [0.25, 0.3) is 0 Å². The Morgan fingerprint density at radius 1 is 1.09 bits per heavy atom. The van der Waals surface area contributed by atoms with Gasteiger partial charge in [0.2, 0.25) is 17.7 Å². The van der Waals surface area contributed by atoms with Crippen molar-refractivity contribution in [2.45, 2.75) is 124 Å². The van der Waals surface area contributed by atoms with Gasteiger partial charge in [0.05, 0.1) is 18.2 Å². The molecule has 45 heavy (non-hydrogen) atoms. The molecule has 0 bridgehead atoms. The van der Waals surface area contributed by atoms with Crippen LogP contribution in [0.5, 0.6) is 0 Å². The zero-order valence-electron chi connectivity index (χ0n) is 29.1. The van der Waals surface area contributed by atoms with Crippen LogP contribution in [0.4, 0.5) is 0 Å². The molecule has 1 aromatic carbocycles. The summed E-state index contributed by atoms with van der Waals surface area (Å²) < 4.78 is 6.33. The zero-order valence-corrected chi connectivity index (χ0v) is 29.1. The van der Waals surface area contributed by atoms with Crippen LogP contribution in [0, 0.1) is 18.8 Å². The first-order valence-electron chi connectivity index (χ1n) is 16.9. The number of rotatable bonds is 14. The van der Waals surface area contributed by atoms with Crippen molar-refractivity contribution in [2.24, 2.45) is 11.8 Å². The number of fused-ring (bicyclic) bond motifs is 1. The number of nitrogens with zero attached hydrogens (tertiary/aromatic N) is 1. The number of likely N-dealkylation sites (N-methyl/N-ethyl adjacent to an activating group) is 1. The number of ether oxygens (including phenoxy) is 1. The molecule has 8 heteroatoms. The Morgan fingerprint density at radius 3 is 2.36 bits per heavy atom. The first-order valence-corrected chi connectivity index (χ1v) is 16.9. The van der Waals surface area contributed by atoms with Gasteiger partial charge >= 0.3 is 0 Å². The highest BCUT2D eigenvalue weighted by Gasteiger charge is 2.40. The fourth-order valence-electron chi connectivity index (χ4n) is 5.94. The van der Waals surface area contributed by atoms with Gasteiger partial charge in [0.1, 0.15) is 11.8 Å². The Bertz CT molecular complexity index is 1150. The summed E-state index contributed by atoms with van der Waals surface area (Å²) >= 11 is 0. The molecule has 4 atom stereocenters. The van der Waals surface area contributed by atoms with Crippen molar-refractivity contribution in [3.63, 3.8) is 0 Å². The largest absolute Gasteiger partial charge is 0.490 e. The van der Waals surface area contributed by atoms with E-state index >= 15 is 0 Å². The summed E-state index contributed by atoms with van der Waals surface area (Å²) in [6.45, 7) is 13.4. The van der Waals surface area contributed by atoms with E-state index in [2.05, 4.69) is 42.7 Å². The molecule has 3 amide bonds. The molecule has 1 fully saturated rings. The van der Waals surface area contributed by atoms with Crippen LogP contribution < -0.4 is 10.6 Å². The van der Waals surface area contributed by atoms with Gasteiger partial charge < -0.3 is 25.4 Å². The van der Waals surface area contributed by atoms with E-state index in [9.17, 15) is 19.5 Å². The lowest BCUT2D eigenvalue weighted by atomic mass is 9.88. The minimum absolute atomic E-state index is 0.150. The molecular weight excluding hydrogens is 566 g/mol. The van der Waals surface area contributed by atoms with Gasteiger partial charge in [-0.3, -0.25) is 14.4 Å². The van der Waals surface area contributed by atoms with E-state index in [0.717, 1.165) is 63.5 Å². The summed E-state index contributed by atoms with van der Waals surface area (Å²) in [7, 11) is 1.53. The molecule has 3 N–H and O–H groups in total. The van der Waals surface area contributed by atoms with Gasteiger partial charge in [-0.25, -0.2) is 0 Å². The predicted molar refractivity (Wildman–Crippen MR) is 181 cm³/mol. The van der Waals surface area contributed by atoms with Gasteiger partial charge in [-0.2, -0.15) is 0 Å². The fourth-order valence-corrected chi connectivity index (χ4v) is 5.94. The SMILES string of the molecule is CCCC1CCC2=CCCC(CCCNC(=O)CNC(=O)C(N(C)C(=O)C(C)C(C)CC)C(C)(C)O)=C2O1.Cc1ccccc1. The van der Waals surface area contributed by atoms with Crippen molar-refractivity contribution in [1.82, 2.24) is 15.5 Å². The first-order chi connectivity index (χ1) is 21.3. The molecule has 1 saturated heterocycles. The van der Waals surface area contributed by atoms with Gasteiger partial charge in [0.15, 0.2) is 0 Å². The summed E-state index contributed by atoms with van der Waals surface area (Å²) in [5.41, 5.74) is 2.54. The standard InChI is InChI=1S/C30H51N3O5.C7H8/c1-8-12-24-17-16-23-14-10-13-22(26(23)38-24)15-11-18-31-25(34)19-32-28(35)27(30(5,6)37)33(7)29(36)21(4)20(3)9-2;1-7-5-3-2-4-6-7/h14,20-21,24,27,37H,8-13,15-19H2,1-7H3,(H,31,34)(H,32,35);2-6H,1H3. The van der Waals surface area contributed by atoms with Gasteiger partial charge in [-0.1, -0.05) is 82.5 Å². The zero-order chi connectivity index (χ0) is 33.6. The maximum absolute atomic E-state index is 13.0. The van der Waals surface area contributed by atoms with Crippen molar-refractivity contribution in [1.29, 1.82) is 0 Å². The molecule has 1 aliphatic carbocycles. The van der Waals surface area contributed by atoms with E-state index < -0.39 is 17.6 Å². The predicted octanol–water partition coefficient (Wildman–Crippen LogP) is 6.23. The molecule has 0 spiro atoms. The molecule has 4 unspecified atom stereocenters. The highest BCUT2D eigenvalue weighted by Crippen LogP contribution is 2.37. The number of nitrogens with one attached hydrogen (secondary N) is 2. The summed E-state index contributed by atoms with van der Waals surface area (Å²) in [5.74, 6) is -0.0904. The van der Waals surface area contributed by atoms with E-state index in [1.54, 1.807) is 0 Å². The normalized spacial score (nSPS) is 18.2. The monoisotopic (exact) mass is 625 g/mol.